The van der Waals surface area contributed by atoms with E-state index in [2.05, 4.69) is 48.3 Å². The predicted octanol–water partition coefficient (Wildman–Crippen LogP) is 3.52. The van der Waals surface area contributed by atoms with Crippen LogP contribution in [0.4, 0.5) is 27.9 Å². The van der Waals surface area contributed by atoms with Crippen LogP contribution in [0.15, 0.2) is 18.2 Å². The Kier molecular flexibility index (Phi) is 7.54. The first-order valence-corrected chi connectivity index (χ1v) is 11.5. The molecule has 0 aliphatic carbocycles. The van der Waals surface area contributed by atoms with Gasteiger partial charge < -0.3 is 20.7 Å². The van der Waals surface area contributed by atoms with E-state index in [1.54, 1.807) is 12.1 Å². The second kappa shape index (κ2) is 10.7. The average Bonchev–Trinajstić information content (AvgIpc) is 3.48. The third-order valence-electron chi connectivity index (χ3n) is 5.96. The molecule has 0 saturated carbocycles. The third-order valence-corrected chi connectivity index (χ3v) is 5.96. The fourth-order valence-electron chi connectivity index (χ4n) is 4.20. The van der Waals surface area contributed by atoms with Crippen LogP contribution in [-0.2, 0) is 0 Å². The van der Waals surface area contributed by atoms with Crippen molar-refractivity contribution in [1.82, 2.24) is 25.3 Å². The Morgan fingerprint density at radius 2 is 1.94 bits per heavy atom. The van der Waals surface area contributed by atoms with E-state index in [0.29, 0.717) is 29.6 Å². The first kappa shape index (κ1) is 22.5. The lowest BCUT2D eigenvalue weighted by molar-refractivity contribution is 0.386. The molecule has 2 saturated heterocycles. The molecule has 0 amide bonds. The summed E-state index contributed by atoms with van der Waals surface area (Å²) in [5.74, 6) is 1.06. The minimum atomic E-state index is -0.449. The summed E-state index contributed by atoms with van der Waals surface area (Å²) in [6, 6.07) is 5.44. The summed E-state index contributed by atoms with van der Waals surface area (Å²) in [6.07, 6.45) is 6.70. The zero-order valence-corrected chi connectivity index (χ0v) is 18.8. The SMILES string of the molecule is CCC(CC1CCCN1)Nc1nc(Nc2ccc(OC)c(F)c2)nc(NN2CCCC2)n1. The van der Waals surface area contributed by atoms with Crippen LogP contribution < -0.4 is 26.1 Å². The Hall–Kier alpha value is -2.72. The Balaban J connectivity index is 1.53. The largest absolute Gasteiger partial charge is 0.494 e. The van der Waals surface area contributed by atoms with Gasteiger partial charge >= 0.3 is 0 Å². The molecular weight excluding hydrogens is 411 g/mol. The average molecular weight is 445 g/mol. The summed E-state index contributed by atoms with van der Waals surface area (Å²) in [7, 11) is 1.44. The van der Waals surface area contributed by atoms with Gasteiger partial charge in [0.2, 0.25) is 17.8 Å². The first-order chi connectivity index (χ1) is 15.6. The van der Waals surface area contributed by atoms with Gasteiger partial charge in [0.15, 0.2) is 11.6 Å². The molecular formula is C22H33FN8O. The van der Waals surface area contributed by atoms with Crippen molar-refractivity contribution in [2.75, 3.05) is 42.8 Å². The Labute approximate surface area is 188 Å². The van der Waals surface area contributed by atoms with Gasteiger partial charge in [-0.2, -0.15) is 15.0 Å². The third kappa shape index (κ3) is 5.95. The van der Waals surface area contributed by atoms with Crippen LogP contribution in [0.5, 0.6) is 5.75 Å². The maximum absolute atomic E-state index is 14.1. The van der Waals surface area contributed by atoms with Crippen LogP contribution in [0.25, 0.3) is 0 Å². The lowest BCUT2D eigenvalue weighted by Crippen LogP contribution is -2.32. The minimum Gasteiger partial charge on any atom is -0.494 e. The van der Waals surface area contributed by atoms with Crippen LogP contribution in [0.2, 0.25) is 0 Å². The minimum absolute atomic E-state index is 0.191. The van der Waals surface area contributed by atoms with Gasteiger partial charge in [-0.15, -0.1) is 0 Å². The second-order valence-electron chi connectivity index (χ2n) is 8.37. The summed E-state index contributed by atoms with van der Waals surface area (Å²) in [4.78, 5) is 13.7. The van der Waals surface area contributed by atoms with Gasteiger partial charge in [-0.05, 0) is 57.2 Å². The van der Waals surface area contributed by atoms with E-state index < -0.39 is 5.82 Å². The van der Waals surface area contributed by atoms with Crippen LogP contribution in [-0.4, -0.2) is 58.8 Å². The molecule has 0 bridgehead atoms. The number of ether oxygens (including phenoxy) is 1. The maximum Gasteiger partial charge on any atom is 0.244 e. The number of anilines is 4. The molecule has 9 nitrogen and oxygen atoms in total. The van der Waals surface area contributed by atoms with Gasteiger partial charge in [0.25, 0.3) is 0 Å². The van der Waals surface area contributed by atoms with Gasteiger partial charge in [-0.1, -0.05) is 6.92 Å². The Bertz CT molecular complexity index is 886. The highest BCUT2D eigenvalue weighted by Gasteiger charge is 2.20. The van der Waals surface area contributed by atoms with E-state index in [1.165, 1.54) is 26.0 Å². The van der Waals surface area contributed by atoms with E-state index in [1.807, 2.05) is 0 Å². The number of methoxy groups -OCH3 is 1. The fraction of sp³-hybridized carbons (Fsp3) is 0.591. The molecule has 2 atom stereocenters. The van der Waals surface area contributed by atoms with E-state index >= 15 is 0 Å². The number of hydrogen-bond donors (Lipinski definition) is 4. The summed E-state index contributed by atoms with van der Waals surface area (Å²) >= 11 is 0. The lowest BCUT2D eigenvalue weighted by atomic mass is 10.0. The molecule has 10 heteroatoms. The monoisotopic (exact) mass is 444 g/mol. The summed E-state index contributed by atoms with van der Waals surface area (Å²) in [5, 5.41) is 12.2. The Morgan fingerprint density at radius 1 is 1.16 bits per heavy atom. The highest BCUT2D eigenvalue weighted by atomic mass is 19.1. The molecule has 2 unspecified atom stereocenters. The van der Waals surface area contributed by atoms with E-state index in [4.69, 9.17) is 4.74 Å². The van der Waals surface area contributed by atoms with Crippen molar-refractivity contribution >= 4 is 23.5 Å². The quantitative estimate of drug-likeness (QED) is 0.439. The van der Waals surface area contributed by atoms with Crippen molar-refractivity contribution in [3.05, 3.63) is 24.0 Å². The number of hydrazine groups is 1. The lowest BCUT2D eigenvalue weighted by Gasteiger charge is -2.22. The summed E-state index contributed by atoms with van der Waals surface area (Å²) in [6.45, 7) is 5.15. The number of hydrogen-bond acceptors (Lipinski definition) is 9. The van der Waals surface area contributed by atoms with Crippen molar-refractivity contribution in [2.24, 2.45) is 0 Å². The highest BCUT2D eigenvalue weighted by molar-refractivity contribution is 5.57. The van der Waals surface area contributed by atoms with Crippen LogP contribution in [0.1, 0.15) is 45.4 Å². The molecule has 0 spiro atoms. The van der Waals surface area contributed by atoms with Crippen molar-refractivity contribution in [2.45, 2.75) is 57.5 Å². The molecule has 3 heterocycles. The Morgan fingerprint density at radius 3 is 2.62 bits per heavy atom. The van der Waals surface area contributed by atoms with E-state index in [-0.39, 0.29) is 11.8 Å². The molecule has 2 aliphatic rings. The molecule has 2 aromatic rings. The molecule has 4 N–H and O–H groups in total. The van der Waals surface area contributed by atoms with Crippen molar-refractivity contribution in [3.63, 3.8) is 0 Å². The van der Waals surface area contributed by atoms with Gasteiger partial charge in [0.05, 0.1) is 7.11 Å². The van der Waals surface area contributed by atoms with Crippen molar-refractivity contribution in [1.29, 1.82) is 0 Å². The molecule has 1 aromatic heterocycles. The highest BCUT2D eigenvalue weighted by Crippen LogP contribution is 2.24. The zero-order valence-electron chi connectivity index (χ0n) is 18.8. The molecule has 2 aliphatic heterocycles. The van der Waals surface area contributed by atoms with Gasteiger partial charge in [-0.3, -0.25) is 5.43 Å². The molecule has 2 fully saturated rings. The molecule has 0 radical (unpaired) electrons. The molecule has 32 heavy (non-hydrogen) atoms. The number of nitrogens with one attached hydrogen (secondary N) is 4. The molecule has 4 rings (SSSR count). The number of aromatic nitrogens is 3. The number of halogens is 1. The number of nitrogens with zero attached hydrogens (tertiary/aromatic N) is 4. The normalized spacial score (nSPS) is 19.7. The van der Waals surface area contributed by atoms with Gasteiger partial charge in [0, 0.05) is 36.9 Å². The molecule has 1 aromatic carbocycles. The smallest absolute Gasteiger partial charge is 0.244 e. The van der Waals surface area contributed by atoms with Gasteiger partial charge in [0.1, 0.15) is 0 Å². The predicted molar refractivity (Wildman–Crippen MR) is 124 cm³/mol. The zero-order chi connectivity index (χ0) is 22.3. The topological polar surface area (TPSA) is 99.3 Å². The summed E-state index contributed by atoms with van der Waals surface area (Å²) < 4.78 is 19.1. The molecule has 174 valence electrons. The van der Waals surface area contributed by atoms with Gasteiger partial charge in [-0.25, -0.2) is 9.40 Å². The first-order valence-electron chi connectivity index (χ1n) is 11.5. The second-order valence-corrected chi connectivity index (χ2v) is 8.37. The summed E-state index contributed by atoms with van der Waals surface area (Å²) in [5.41, 5.74) is 3.82. The van der Waals surface area contributed by atoms with Crippen molar-refractivity contribution in [3.8, 4) is 5.75 Å². The number of rotatable bonds is 10. The van der Waals surface area contributed by atoms with Crippen LogP contribution in [0, 0.1) is 5.82 Å². The fourth-order valence-corrected chi connectivity index (χ4v) is 4.20. The standard InChI is InChI=1S/C22H33FN8O/c1-3-15(13-16-7-6-10-24-16)25-20-27-21(26-17-8-9-19(32-2)18(23)14-17)29-22(28-20)30-31-11-4-5-12-31/h8-9,14-16,24H,3-7,10-13H2,1-2H3,(H3,25,26,27,28,29,30). The maximum atomic E-state index is 14.1. The van der Waals surface area contributed by atoms with Crippen LogP contribution >= 0.6 is 0 Å². The van der Waals surface area contributed by atoms with Crippen molar-refractivity contribution < 1.29 is 9.13 Å². The number of benzene rings is 1. The van der Waals surface area contributed by atoms with E-state index in [0.717, 1.165) is 45.3 Å². The van der Waals surface area contributed by atoms with E-state index in [9.17, 15) is 4.39 Å². The van der Waals surface area contributed by atoms with Crippen LogP contribution in [0.3, 0.4) is 0 Å².